The van der Waals surface area contributed by atoms with Gasteiger partial charge in [-0.1, -0.05) is 12.2 Å². The van der Waals surface area contributed by atoms with Gasteiger partial charge in [0.1, 0.15) is 0 Å². The fourth-order valence-corrected chi connectivity index (χ4v) is 1.23. The summed E-state index contributed by atoms with van der Waals surface area (Å²) in [6.07, 6.45) is 0.300. The second-order valence-corrected chi connectivity index (χ2v) is 3.58. The maximum absolute atomic E-state index is 12.6. The predicted molar refractivity (Wildman–Crippen MR) is 49.2 cm³/mol. The highest BCUT2D eigenvalue weighted by Crippen LogP contribution is 2.43. The molecule has 86 valence electrons. The summed E-state index contributed by atoms with van der Waals surface area (Å²) in [6.45, 7) is 1.09. The molecule has 2 nitrogen and oxygen atoms in total. The highest BCUT2D eigenvalue weighted by atomic mass is 19.4. The number of alkyl halides is 3. The molecule has 0 aromatic carbocycles. The summed E-state index contributed by atoms with van der Waals surface area (Å²) in [5.74, 6) is -1.18. The Kier molecular flexibility index (Phi) is 2.98. The van der Waals surface area contributed by atoms with E-state index in [9.17, 15) is 13.2 Å². The minimum atomic E-state index is -4.31. The molecule has 0 atom stereocenters. The first kappa shape index (κ1) is 12.3. The van der Waals surface area contributed by atoms with Crippen molar-refractivity contribution in [2.24, 2.45) is 5.41 Å². The molecule has 0 saturated heterocycles. The Bertz CT molecular complexity index is 272. The number of hydrogen-bond acceptors (Lipinski definition) is 2. The number of hydrogen-bond donors (Lipinski definition) is 0. The fraction of sp³-hybridized carbons (Fsp3) is 0.600. The van der Waals surface area contributed by atoms with Gasteiger partial charge in [-0.05, 0) is 19.1 Å². The molecule has 15 heavy (non-hydrogen) atoms. The molecule has 0 aliphatic heterocycles. The molecule has 1 aliphatic rings. The third kappa shape index (κ3) is 2.08. The molecule has 0 unspecified atom stereocenters. The van der Waals surface area contributed by atoms with Gasteiger partial charge in [-0.15, -0.1) is 0 Å². The van der Waals surface area contributed by atoms with Crippen molar-refractivity contribution in [1.82, 2.24) is 0 Å². The summed E-state index contributed by atoms with van der Waals surface area (Å²) in [7, 11) is 2.74. The van der Waals surface area contributed by atoms with Gasteiger partial charge in [0.05, 0.1) is 5.41 Å². The average Bonchev–Trinajstić information content (AvgIpc) is 2.18. The van der Waals surface area contributed by atoms with Gasteiger partial charge in [-0.25, -0.2) is 0 Å². The molecule has 0 saturated carbocycles. The van der Waals surface area contributed by atoms with Gasteiger partial charge in [0.15, 0.2) is 0 Å². The van der Waals surface area contributed by atoms with Gasteiger partial charge >= 0.3 is 6.18 Å². The van der Waals surface area contributed by atoms with Gasteiger partial charge in [0, 0.05) is 14.2 Å². The number of methoxy groups -OCH3 is 2. The maximum atomic E-state index is 12.6. The molecule has 0 N–H and O–H groups in total. The summed E-state index contributed by atoms with van der Waals surface area (Å²) in [5.41, 5.74) is -1.95. The second kappa shape index (κ2) is 3.64. The maximum Gasteiger partial charge on any atom is 0.400 e. The fourth-order valence-electron chi connectivity index (χ4n) is 1.23. The summed E-state index contributed by atoms with van der Waals surface area (Å²) in [6, 6.07) is 0. The highest BCUT2D eigenvalue weighted by molar-refractivity contribution is 5.26. The quantitative estimate of drug-likeness (QED) is 0.528. The van der Waals surface area contributed by atoms with Crippen molar-refractivity contribution in [3.63, 3.8) is 0 Å². The minimum Gasteiger partial charge on any atom is -0.346 e. The van der Waals surface area contributed by atoms with Crippen LogP contribution in [0.2, 0.25) is 0 Å². The summed E-state index contributed by atoms with van der Waals surface area (Å²) in [4.78, 5) is 0. The van der Waals surface area contributed by atoms with Crippen molar-refractivity contribution >= 4 is 0 Å². The smallest absolute Gasteiger partial charge is 0.346 e. The third-order valence-corrected chi connectivity index (χ3v) is 2.57. The van der Waals surface area contributed by atoms with E-state index in [0.29, 0.717) is 0 Å². The standard InChI is InChI=1S/C10H13F3O2/c1-8(10(11,12)13)4-6-9(14-2,15-3)7-5-8/h4-7H,1-3H3. The number of allylic oxidation sites excluding steroid dienone is 2. The van der Waals surface area contributed by atoms with Gasteiger partial charge in [-0.3, -0.25) is 0 Å². The minimum absolute atomic E-state index is 1.04. The van der Waals surface area contributed by atoms with Crippen molar-refractivity contribution in [2.75, 3.05) is 14.2 Å². The van der Waals surface area contributed by atoms with Crippen LogP contribution in [0.5, 0.6) is 0 Å². The Labute approximate surface area is 86.4 Å². The molecule has 0 amide bonds. The Morgan fingerprint density at radius 2 is 1.33 bits per heavy atom. The van der Waals surface area contributed by atoms with E-state index in [0.717, 1.165) is 19.1 Å². The van der Waals surface area contributed by atoms with Crippen molar-refractivity contribution in [1.29, 1.82) is 0 Å². The molecular weight excluding hydrogens is 209 g/mol. The van der Waals surface area contributed by atoms with E-state index in [1.165, 1.54) is 26.4 Å². The Hall–Kier alpha value is -0.810. The third-order valence-electron chi connectivity index (χ3n) is 2.57. The van der Waals surface area contributed by atoms with Crippen molar-refractivity contribution < 1.29 is 22.6 Å². The average molecular weight is 222 g/mol. The van der Waals surface area contributed by atoms with Crippen LogP contribution in [0.15, 0.2) is 24.3 Å². The number of halogens is 3. The molecule has 0 heterocycles. The highest BCUT2D eigenvalue weighted by Gasteiger charge is 2.49. The predicted octanol–water partition coefficient (Wildman–Crippen LogP) is 2.67. The molecular formula is C10H13F3O2. The van der Waals surface area contributed by atoms with Crippen molar-refractivity contribution in [2.45, 2.75) is 18.9 Å². The first-order valence-corrected chi connectivity index (χ1v) is 4.36. The van der Waals surface area contributed by atoms with Gasteiger partial charge in [0.25, 0.3) is 0 Å². The van der Waals surface area contributed by atoms with Crippen LogP contribution in [0.25, 0.3) is 0 Å². The lowest BCUT2D eigenvalue weighted by atomic mass is 9.84. The number of ether oxygens (including phenoxy) is 2. The van der Waals surface area contributed by atoms with Crippen LogP contribution in [0.4, 0.5) is 13.2 Å². The van der Waals surface area contributed by atoms with E-state index < -0.39 is 17.4 Å². The van der Waals surface area contributed by atoms with Crippen LogP contribution in [0.3, 0.4) is 0 Å². The second-order valence-electron chi connectivity index (χ2n) is 3.58. The lowest BCUT2D eigenvalue weighted by Crippen LogP contribution is -2.38. The lowest BCUT2D eigenvalue weighted by molar-refractivity contribution is -0.188. The molecule has 1 rings (SSSR count). The van der Waals surface area contributed by atoms with E-state index in [4.69, 9.17) is 9.47 Å². The first-order valence-electron chi connectivity index (χ1n) is 4.36. The monoisotopic (exact) mass is 222 g/mol. The lowest BCUT2D eigenvalue weighted by Gasteiger charge is -2.33. The van der Waals surface area contributed by atoms with E-state index in [-0.39, 0.29) is 0 Å². The van der Waals surface area contributed by atoms with E-state index in [2.05, 4.69) is 0 Å². The molecule has 5 heteroatoms. The van der Waals surface area contributed by atoms with Crippen LogP contribution in [0.1, 0.15) is 6.92 Å². The van der Waals surface area contributed by atoms with Crippen LogP contribution in [-0.4, -0.2) is 26.2 Å². The molecule has 0 bridgehead atoms. The van der Waals surface area contributed by atoms with Gasteiger partial charge in [0.2, 0.25) is 5.79 Å². The Morgan fingerprint density at radius 3 is 1.60 bits per heavy atom. The zero-order valence-electron chi connectivity index (χ0n) is 8.76. The van der Waals surface area contributed by atoms with Gasteiger partial charge < -0.3 is 9.47 Å². The zero-order valence-corrected chi connectivity index (χ0v) is 8.76. The Balaban J connectivity index is 2.97. The molecule has 0 aromatic rings. The van der Waals surface area contributed by atoms with Crippen molar-refractivity contribution in [3.05, 3.63) is 24.3 Å². The van der Waals surface area contributed by atoms with Crippen LogP contribution >= 0.6 is 0 Å². The summed E-state index contributed by atoms with van der Waals surface area (Å²) >= 11 is 0. The molecule has 1 aliphatic carbocycles. The zero-order chi connectivity index (χ0) is 11.7. The van der Waals surface area contributed by atoms with Crippen molar-refractivity contribution in [3.8, 4) is 0 Å². The SMILES string of the molecule is COC1(OC)C=CC(C)(C(F)(F)F)C=C1. The van der Waals surface area contributed by atoms with E-state index >= 15 is 0 Å². The Morgan fingerprint density at radius 1 is 0.933 bits per heavy atom. The van der Waals surface area contributed by atoms with Crippen LogP contribution in [-0.2, 0) is 9.47 Å². The molecule has 0 radical (unpaired) electrons. The number of rotatable bonds is 2. The normalized spacial score (nSPS) is 23.1. The summed E-state index contributed by atoms with van der Waals surface area (Å²) < 4.78 is 47.7. The summed E-state index contributed by atoms with van der Waals surface area (Å²) in [5, 5.41) is 0. The van der Waals surface area contributed by atoms with E-state index in [1.54, 1.807) is 0 Å². The molecule has 0 fully saturated rings. The van der Waals surface area contributed by atoms with Crippen LogP contribution < -0.4 is 0 Å². The van der Waals surface area contributed by atoms with Gasteiger partial charge in [-0.2, -0.15) is 13.2 Å². The molecule has 0 aromatic heterocycles. The molecule has 0 spiro atoms. The largest absolute Gasteiger partial charge is 0.400 e. The topological polar surface area (TPSA) is 18.5 Å². The first-order chi connectivity index (χ1) is 6.79. The van der Waals surface area contributed by atoms with Crippen LogP contribution in [0, 0.1) is 5.41 Å². The van der Waals surface area contributed by atoms with E-state index in [1.807, 2.05) is 0 Å².